The number of carbonyl (C=O) groups is 2. The Morgan fingerprint density at radius 1 is 1.13 bits per heavy atom. The maximum atomic E-state index is 11.9. The molecular formula is C17H17NO4S. The molecule has 0 radical (unpaired) electrons. The number of aliphatic hydroxyl groups is 1. The van der Waals surface area contributed by atoms with Crippen molar-refractivity contribution >= 4 is 29.3 Å². The molecule has 0 atom stereocenters. The lowest BCUT2D eigenvalue weighted by Gasteiger charge is -2.09. The molecule has 23 heavy (non-hydrogen) atoms. The van der Waals surface area contributed by atoms with E-state index in [2.05, 4.69) is 5.32 Å². The van der Waals surface area contributed by atoms with Crippen molar-refractivity contribution in [1.29, 1.82) is 0 Å². The van der Waals surface area contributed by atoms with Crippen LogP contribution in [0.4, 0.5) is 5.69 Å². The summed E-state index contributed by atoms with van der Waals surface area (Å²) in [6.45, 7) is -0.449. The first-order chi connectivity index (χ1) is 11.1. The van der Waals surface area contributed by atoms with E-state index in [-0.39, 0.29) is 13.2 Å². The van der Waals surface area contributed by atoms with Crippen molar-refractivity contribution in [1.82, 2.24) is 0 Å². The number of hydrogen-bond donors (Lipinski definition) is 2. The third-order valence-electron chi connectivity index (χ3n) is 3.09. The Bertz CT molecular complexity index is 685. The SMILES string of the molecule is CSc1ccccc1NC(=O)COC(=O)c1ccc(CO)cc1. The minimum absolute atomic E-state index is 0.0907. The highest BCUT2D eigenvalue weighted by Crippen LogP contribution is 2.24. The van der Waals surface area contributed by atoms with Crippen LogP contribution in [0, 0.1) is 0 Å². The third-order valence-corrected chi connectivity index (χ3v) is 3.88. The Morgan fingerprint density at radius 2 is 1.83 bits per heavy atom. The topological polar surface area (TPSA) is 75.6 Å². The van der Waals surface area contributed by atoms with E-state index >= 15 is 0 Å². The molecule has 2 rings (SSSR count). The van der Waals surface area contributed by atoms with Gasteiger partial charge in [-0.25, -0.2) is 4.79 Å². The molecule has 0 aliphatic rings. The van der Waals surface area contributed by atoms with Crippen LogP contribution >= 0.6 is 11.8 Å². The van der Waals surface area contributed by atoms with Gasteiger partial charge in [0.05, 0.1) is 17.9 Å². The molecule has 2 aromatic carbocycles. The minimum Gasteiger partial charge on any atom is -0.452 e. The Kier molecular flexibility index (Phi) is 6.19. The average molecular weight is 331 g/mol. The first-order valence-corrected chi connectivity index (χ1v) is 8.16. The zero-order chi connectivity index (χ0) is 16.7. The number of ether oxygens (including phenoxy) is 1. The quantitative estimate of drug-likeness (QED) is 0.629. The van der Waals surface area contributed by atoms with Gasteiger partial charge in [-0.15, -0.1) is 11.8 Å². The molecule has 0 unspecified atom stereocenters. The number of esters is 1. The van der Waals surface area contributed by atoms with E-state index in [1.54, 1.807) is 30.3 Å². The molecule has 0 saturated carbocycles. The van der Waals surface area contributed by atoms with Crippen molar-refractivity contribution in [2.24, 2.45) is 0 Å². The normalized spacial score (nSPS) is 10.2. The summed E-state index contributed by atoms with van der Waals surface area (Å²) in [5.41, 5.74) is 1.72. The maximum absolute atomic E-state index is 11.9. The molecule has 6 heteroatoms. The first-order valence-electron chi connectivity index (χ1n) is 6.94. The van der Waals surface area contributed by atoms with Crippen LogP contribution in [-0.4, -0.2) is 29.8 Å². The standard InChI is InChI=1S/C17H17NO4S/c1-23-15-5-3-2-4-14(15)18-16(20)11-22-17(21)13-8-6-12(10-19)7-9-13/h2-9,19H,10-11H2,1H3,(H,18,20). The van der Waals surface area contributed by atoms with Crippen LogP contribution in [-0.2, 0) is 16.1 Å². The van der Waals surface area contributed by atoms with Gasteiger partial charge in [0.2, 0.25) is 0 Å². The summed E-state index contributed by atoms with van der Waals surface area (Å²) in [4.78, 5) is 24.7. The molecule has 0 spiro atoms. The van der Waals surface area contributed by atoms with Crippen molar-refractivity contribution in [3.05, 3.63) is 59.7 Å². The number of rotatable bonds is 6. The number of amides is 1. The number of aliphatic hydroxyl groups excluding tert-OH is 1. The summed E-state index contributed by atoms with van der Waals surface area (Å²) in [5, 5.41) is 11.7. The minimum atomic E-state index is -0.581. The van der Waals surface area contributed by atoms with Gasteiger partial charge in [0.1, 0.15) is 0 Å². The van der Waals surface area contributed by atoms with E-state index in [1.807, 2.05) is 24.5 Å². The number of thioether (sulfide) groups is 1. The molecule has 0 saturated heterocycles. The maximum Gasteiger partial charge on any atom is 0.338 e. The predicted octanol–water partition coefficient (Wildman–Crippen LogP) is 2.70. The molecular weight excluding hydrogens is 314 g/mol. The van der Waals surface area contributed by atoms with Gasteiger partial charge in [-0.2, -0.15) is 0 Å². The fraction of sp³-hybridized carbons (Fsp3) is 0.176. The molecule has 0 aromatic heterocycles. The second kappa shape index (κ2) is 8.36. The Labute approximate surface area is 138 Å². The highest BCUT2D eigenvalue weighted by Gasteiger charge is 2.11. The number of carbonyl (C=O) groups excluding carboxylic acids is 2. The van der Waals surface area contributed by atoms with Gasteiger partial charge in [0.25, 0.3) is 5.91 Å². The highest BCUT2D eigenvalue weighted by molar-refractivity contribution is 7.98. The van der Waals surface area contributed by atoms with Crippen molar-refractivity contribution in [3.8, 4) is 0 Å². The van der Waals surface area contributed by atoms with Crippen LogP contribution in [0.25, 0.3) is 0 Å². The van der Waals surface area contributed by atoms with Crippen LogP contribution in [0.15, 0.2) is 53.4 Å². The number of hydrogen-bond acceptors (Lipinski definition) is 5. The van der Waals surface area contributed by atoms with Gasteiger partial charge in [0.15, 0.2) is 6.61 Å². The molecule has 5 nitrogen and oxygen atoms in total. The lowest BCUT2D eigenvalue weighted by Crippen LogP contribution is -2.21. The summed E-state index contributed by atoms with van der Waals surface area (Å²) in [6.07, 6.45) is 1.92. The zero-order valence-electron chi connectivity index (χ0n) is 12.6. The van der Waals surface area contributed by atoms with E-state index in [4.69, 9.17) is 9.84 Å². The van der Waals surface area contributed by atoms with Crippen LogP contribution in [0.5, 0.6) is 0 Å². The lowest BCUT2D eigenvalue weighted by molar-refractivity contribution is -0.119. The molecule has 2 N–H and O–H groups in total. The van der Waals surface area contributed by atoms with Gasteiger partial charge in [0, 0.05) is 4.90 Å². The van der Waals surface area contributed by atoms with Crippen LogP contribution in [0.2, 0.25) is 0 Å². The fourth-order valence-corrected chi connectivity index (χ4v) is 2.45. The molecule has 120 valence electrons. The molecule has 0 aliphatic carbocycles. The molecule has 0 aliphatic heterocycles. The summed E-state index contributed by atoms with van der Waals surface area (Å²) < 4.78 is 4.99. The first kappa shape index (κ1) is 17.1. The Hall–Kier alpha value is -2.31. The van der Waals surface area contributed by atoms with Crippen LogP contribution in [0.3, 0.4) is 0 Å². The van der Waals surface area contributed by atoms with Gasteiger partial charge in [-0.3, -0.25) is 4.79 Å². The predicted molar refractivity (Wildman–Crippen MR) is 89.5 cm³/mol. The van der Waals surface area contributed by atoms with E-state index < -0.39 is 11.9 Å². The monoisotopic (exact) mass is 331 g/mol. The Morgan fingerprint density at radius 3 is 2.48 bits per heavy atom. The molecule has 2 aromatic rings. The third kappa shape index (κ3) is 4.84. The summed E-state index contributed by atoms with van der Waals surface area (Å²) in [7, 11) is 0. The molecule has 0 bridgehead atoms. The summed E-state index contributed by atoms with van der Waals surface area (Å²) in [5.74, 6) is -0.977. The van der Waals surface area contributed by atoms with Gasteiger partial charge in [-0.1, -0.05) is 24.3 Å². The molecule has 0 heterocycles. The second-order valence-electron chi connectivity index (χ2n) is 4.68. The number of benzene rings is 2. The number of anilines is 1. The average Bonchev–Trinajstić information content (AvgIpc) is 2.60. The van der Waals surface area contributed by atoms with Gasteiger partial charge >= 0.3 is 5.97 Å². The van der Waals surface area contributed by atoms with Gasteiger partial charge in [-0.05, 0) is 36.1 Å². The Balaban J connectivity index is 1.89. The van der Waals surface area contributed by atoms with E-state index in [1.165, 1.54) is 11.8 Å². The number of para-hydroxylation sites is 1. The largest absolute Gasteiger partial charge is 0.452 e. The lowest BCUT2D eigenvalue weighted by atomic mass is 10.1. The van der Waals surface area contributed by atoms with Crippen molar-refractivity contribution in [2.75, 3.05) is 18.2 Å². The van der Waals surface area contributed by atoms with E-state index in [0.29, 0.717) is 16.8 Å². The molecule has 0 fully saturated rings. The number of nitrogens with one attached hydrogen (secondary N) is 1. The highest BCUT2D eigenvalue weighted by atomic mass is 32.2. The van der Waals surface area contributed by atoms with Gasteiger partial charge < -0.3 is 15.2 Å². The fourth-order valence-electron chi connectivity index (χ4n) is 1.89. The molecule has 1 amide bonds. The van der Waals surface area contributed by atoms with Crippen molar-refractivity contribution < 1.29 is 19.4 Å². The van der Waals surface area contributed by atoms with Crippen molar-refractivity contribution in [2.45, 2.75) is 11.5 Å². The smallest absolute Gasteiger partial charge is 0.338 e. The van der Waals surface area contributed by atoms with Crippen LogP contribution in [0.1, 0.15) is 15.9 Å². The summed E-state index contributed by atoms with van der Waals surface area (Å²) >= 11 is 1.52. The summed E-state index contributed by atoms with van der Waals surface area (Å²) in [6, 6.07) is 13.8. The van der Waals surface area contributed by atoms with E-state index in [0.717, 1.165) is 4.90 Å². The van der Waals surface area contributed by atoms with Crippen LogP contribution < -0.4 is 5.32 Å². The van der Waals surface area contributed by atoms with E-state index in [9.17, 15) is 9.59 Å². The zero-order valence-corrected chi connectivity index (χ0v) is 13.4. The van der Waals surface area contributed by atoms with Crippen molar-refractivity contribution in [3.63, 3.8) is 0 Å². The second-order valence-corrected chi connectivity index (χ2v) is 5.53.